The topological polar surface area (TPSA) is 141 Å². The number of hydrogen-bond acceptors (Lipinski definition) is 9. The minimum Gasteiger partial charge on any atom is -0.478 e. The minimum absolute atomic E-state index is 0.0504. The number of epoxide rings is 1. The van der Waals surface area contributed by atoms with Gasteiger partial charge in [-0.1, -0.05) is 30.7 Å². The molecule has 1 saturated carbocycles. The Labute approximate surface area is 227 Å². The molecule has 0 aromatic carbocycles. The number of carbonyl (C=O) groups is 3. The maximum atomic E-state index is 12.9. The van der Waals surface area contributed by atoms with Crippen LogP contribution in [0.2, 0.25) is 0 Å². The molecule has 3 aliphatic heterocycles. The summed E-state index contributed by atoms with van der Waals surface area (Å²) < 4.78 is 30.2. The Hall–Kier alpha value is -2.79. The van der Waals surface area contributed by atoms with Crippen LogP contribution in [0.3, 0.4) is 0 Å². The van der Waals surface area contributed by atoms with Crippen molar-refractivity contribution in [2.75, 3.05) is 19.8 Å². The lowest BCUT2D eigenvalue weighted by molar-refractivity contribution is -0.232. The molecule has 10 heteroatoms. The Kier molecular flexibility index (Phi) is 7.34. The molecule has 2 N–H and O–H groups in total. The Balaban J connectivity index is 1.53. The van der Waals surface area contributed by atoms with E-state index >= 15 is 0 Å². The molecule has 0 amide bonds. The number of ether oxygens (including phenoxy) is 5. The molecule has 0 aromatic rings. The molecule has 0 unspecified atom stereocenters. The SMILES string of the molecule is CC1=CC(=O)OC[C@]23CCC(C(=O)O)=C[C@H]2O[C@@H]2C[C@H](OC(=O)C=CC=C[C@H]([C@H](C)O)OCC1)[C@@]3(C)[C@]21CO1. The number of hydrogen-bond donors (Lipinski definition) is 2. The lowest BCUT2D eigenvalue weighted by Gasteiger charge is -2.58. The van der Waals surface area contributed by atoms with Gasteiger partial charge in [0.2, 0.25) is 0 Å². The van der Waals surface area contributed by atoms with Crippen molar-refractivity contribution in [1.82, 2.24) is 0 Å². The van der Waals surface area contributed by atoms with Gasteiger partial charge >= 0.3 is 17.9 Å². The minimum atomic E-state index is -1.01. The van der Waals surface area contributed by atoms with Crippen LogP contribution in [0.25, 0.3) is 0 Å². The fourth-order valence-electron chi connectivity index (χ4n) is 6.89. The van der Waals surface area contributed by atoms with Gasteiger partial charge in [-0.05, 0) is 39.2 Å². The zero-order chi connectivity index (χ0) is 28.0. The molecule has 8 atom stereocenters. The van der Waals surface area contributed by atoms with Crippen LogP contribution < -0.4 is 0 Å². The van der Waals surface area contributed by atoms with Crippen LogP contribution in [0.5, 0.6) is 0 Å². The van der Waals surface area contributed by atoms with Crippen LogP contribution in [-0.4, -0.2) is 84.1 Å². The summed E-state index contributed by atoms with van der Waals surface area (Å²) in [6.07, 6.45) is 7.60. The first-order valence-corrected chi connectivity index (χ1v) is 13.4. The molecule has 2 spiro atoms. The first-order valence-electron chi connectivity index (χ1n) is 13.4. The molecule has 2 saturated heterocycles. The average molecular weight is 545 g/mol. The van der Waals surface area contributed by atoms with Crippen molar-refractivity contribution in [3.8, 4) is 0 Å². The molecule has 39 heavy (non-hydrogen) atoms. The van der Waals surface area contributed by atoms with E-state index in [2.05, 4.69) is 0 Å². The van der Waals surface area contributed by atoms with Crippen molar-refractivity contribution in [2.24, 2.45) is 10.8 Å². The molecule has 212 valence electrons. The number of cyclic esters (lactones) is 1. The Bertz CT molecular complexity index is 1140. The molecule has 10 nitrogen and oxygen atoms in total. The molecule has 3 heterocycles. The van der Waals surface area contributed by atoms with E-state index in [1.807, 2.05) is 6.92 Å². The van der Waals surface area contributed by atoms with E-state index in [0.717, 1.165) is 5.57 Å². The number of allylic oxidation sites excluding steroid dienone is 2. The maximum Gasteiger partial charge on any atom is 0.331 e. The zero-order valence-electron chi connectivity index (χ0n) is 22.5. The number of aliphatic hydroxyl groups excluding tert-OH is 1. The molecule has 5 aliphatic rings. The average Bonchev–Trinajstić information content (AvgIpc) is 3.66. The van der Waals surface area contributed by atoms with Gasteiger partial charge in [0.05, 0.1) is 36.9 Å². The number of carboxylic acid groups (broad SMARTS) is 1. The fraction of sp³-hybridized carbons (Fsp3) is 0.621. The van der Waals surface area contributed by atoms with Gasteiger partial charge < -0.3 is 33.9 Å². The second kappa shape index (κ2) is 10.3. The lowest BCUT2D eigenvalue weighted by Crippen LogP contribution is -2.67. The summed E-state index contributed by atoms with van der Waals surface area (Å²) in [7, 11) is 0. The molecular weight excluding hydrogens is 508 g/mol. The third-order valence-electron chi connectivity index (χ3n) is 9.31. The van der Waals surface area contributed by atoms with E-state index in [1.165, 1.54) is 12.2 Å². The first kappa shape index (κ1) is 27.8. The predicted octanol–water partition coefficient (Wildman–Crippen LogP) is 2.41. The fourth-order valence-corrected chi connectivity index (χ4v) is 6.89. The van der Waals surface area contributed by atoms with Crippen LogP contribution in [0, 0.1) is 10.8 Å². The number of carboxylic acids is 1. The van der Waals surface area contributed by atoms with Crippen LogP contribution in [0.15, 0.2) is 47.6 Å². The molecule has 2 aliphatic carbocycles. The standard InChI is InChI=1S/C29H36O10/c1-17-9-11-35-20(18(2)30)6-4-5-7-24(31)39-21-14-23-29(16-37-29)27(21,3)28(15-36-25(32)12-17)10-8-19(26(33)34)13-22(28)38-23/h4-7,12-13,18,20-23,30H,8-11,14-16H2,1-3H3,(H,33,34)/t18-,20+,21-,22+,23+,27+,28+,29-/m0/s1. The normalized spacial score (nSPS) is 41.3. The van der Waals surface area contributed by atoms with Gasteiger partial charge in [-0.25, -0.2) is 14.4 Å². The van der Waals surface area contributed by atoms with Crippen molar-refractivity contribution < 1.29 is 48.3 Å². The number of esters is 2. The lowest BCUT2D eigenvalue weighted by atomic mass is 9.51. The van der Waals surface area contributed by atoms with Gasteiger partial charge in [-0.3, -0.25) is 0 Å². The summed E-state index contributed by atoms with van der Waals surface area (Å²) in [5.74, 6) is -2.09. The Morgan fingerprint density at radius 1 is 1.13 bits per heavy atom. The Morgan fingerprint density at radius 3 is 2.59 bits per heavy atom. The molecule has 2 bridgehead atoms. The summed E-state index contributed by atoms with van der Waals surface area (Å²) in [4.78, 5) is 37.7. The molecular formula is C29H36O10. The van der Waals surface area contributed by atoms with Crippen molar-refractivity contribution in [3.05, 3.63) is 47.6 Å². The van der Waals surface area contributed by atoms with E-state index in [-0.39, 0.29) is 25.2 Å². The van der Waals surface area contributed by atoms with Crippen molar-refractivity contribution >= 4 is 17.9 Å². The van der Waals surface area contributed by atoms with Crippen molar-refractivity contribution in [3.63, 3.8) is 0 Å². The quantitative estimate of drug-likeness (QED) is 0.393. The highest BCUT2D eigenvalue weighted by molar-refractivity contribution is 5.87. The van der Waals surface area contributed by atoms with Crippen LogP contribution in [-0.2, 0) is 38.1 Å². The van der Waals surface area contributed by atoms with E-state index in [1.54, 1.807) is 38.2 Å². The third kappa shape index (κ3) is 4.67. The van der Waals surface area contributed by atoms with E-state index in [0.29, 0.717) is 25.9 Å². The van der Waals surface area contributed by atoms with Gasteiger partial charge in [-0.2, -0.15) is 0 Å². The second-order valence-electron chi connectivity index (χ2n) is 11.4. The van der Waals surface area contributed by atoms with Crippen molar-refractivity contribution in [2.45, 2.75) is 82.6 Å². The van der Waals surface area contributed by atoms with Gasteiger partial charge in [0.1, 0.15) is 24.4 Å². The number of aliphatic carboxylic acids is 1. The highest BCUT2D eigenvalue weighted by Crippen LogP contribution is 2.72. The van der Waals surface area contributed by atoms with E-state index in [4.69, 9.17) is 23.7 Å². The molecule has 3 fully saturated rings. The number of rotatable bonds is 2. The highest BCUT2D eigenvalue weighted by atomic mass is 16.6. The summed E-state index contributed by atoms with van der Waals surface area (Å²) in [6.45, 7) is 6.04. The molecule has 0 aromatic heterocycles. The predicted molar refractivity (Wildman–Crippen MR) is 136 cm³/mol. The summed E-state index contributed by atoms with van der Waals surface area (Å²) >= 11 is 0. The van der Waals surface area contributed by atoms with Crippen LogP contribution in [0.1, 0.15) is 46.5 Å². The molecule has 5 rings (SSSR count). The zero-order valence-corrected chi connectivity index (χ0v) is 22.5. The van der Waals surface area contributed by atoms with Crippen molar-refractivity contribution in [1.29, 1.82) is 0 Å². The van der Waals surface area contributed by atoms with Gasteiger partial charge in [0, 0.05) is 29.6 Å². The largest absolute Gasteiger partial charge is 0.478 e. The summed E-state index contributed by atoms with van der Waals surface area (Å²) in [6, 6.07) is 0. The van der Waals surface area contributed by atoms with Crippen LogP contribution in [0.4, 0.5) is 0 Å². The van der Waals surface area contributed by atoms with Gasteiger partial charge in [0.15, 0.2) is 0 Å². The third-order valence-corrected chi connectivity index (χ3v) is 9.31. The highest BCUT2D eigenvalue weighted by Gasteiger charge is 2.83. The van der Waals surface area contributed by atoms with E-state index in [9.17, 15) is 24.6 Å². The maximum absolute atomic E-state index is 12.9. The summed E-state index contributed by atoms with van der Waals surface area (Å²) in [5, 5.41) is 19.7. The number of carbonyl (C=O) groups excluding carboxylic acids is 2. The number of aliphatic hydroxyl groups is 1. The Morgan fingerprint density at radius 2 is 1.90 bits per heavy atom. The van der Waals surface area contributed by atoms with E-state index < -0.39 is 64.9 Å². The first-order chi connectivity index (χ1) is 18.5. The molecule has 0 radical (unpaired) electrons. The smallest absolute Gasteiger partial charge is 0.331 e. The van der Waals surface area contributed by atoms with Gasteiger partial charge in [0.25, 0.3) is 0 Å². The van der Waals surface area contributed by atoms with Gasteiger partial charge in [-0.15, -0.1) is 0 Å². The second-order valence-corrected chi connectivity index (χ2v) is 11.4. The summed E-state index contributed by atoms with van der Waals surface area (Å²) in [5.41, 5.74) is -1.39. The van der Waals surface area contributed by atoms with Crippen LogP contribution >= 0.6 is 0 Å². The monoisotopic (exact) mass is 544 g/mol.